The Labute approximate surface area is 143 Å². The summed E-state index contributed by atoms with van der Waals surface area (Å²) in [6.07, 6.45) is -7.35. The summed E-state index contributed by atoms with van der Waals surface area (Å²) >= 11 is 0. The Bertz CT molecular complexity index is 641. The van der Waals surface area contributed by atoms with E-state index in [9.17, 15) is 33.2 Å². The van der Waals surface area contributed by atoms with Gasteiger partial charge in [0.25, 0.3) is 5.69 Å². The molecule has 1 rings (SSSR count). The Morgan fingerprint density at radius 2 is 1.88 bits per heavy atom. The monoisotopic (exact) mass is 362 g/mol. The minimum atomic E-state index is -4.53. The lowest BCUT2D eigenvalue weighted by molar-refractivity contribution is -0.385. The molecule has 140 valence electrons. The van der Waals surface area contributed by atoms with Crippen LogP contribution in [0.2, 0.25) is 0 Å². The number of halogens is 3. The summed E-state index contributed by atoms with van der Waals surface area (Å²) in [5.41, 5.74) is -0.758. The number of nitro groups is 1. The maximum absolute atomic E-state index is 12.8. The first kappa shape index (κ1) is 20.7. The molecule has 0 bridgehead atoms. The molecular formula is C16H21F3N2O4. The second kappa shape index (κ2) is 7.28. The van der Waals surface area contributed by atoms with E-state index in [4.69, 9.17) is 0 Å². The summed E-state index contributed by atoms with van der Waals surface area (Å²) in [4.78, 5) is 22.8. The Balaban J connectivity index is 3.43. The maximum atomic E-state index is 12.8. The molecule has 0 saturated carbocycles. The van der Waals surface area contributed by atoms with Crippen LogP contribution in [-0.4, -0.2) is 33.2 Å². The van der Waals surface area contributed by atoms with Gasteiger partial charge < -0.3 is 5.11 Å². The van der Waals surface area contributed by atoms with E-state index in [0.29, 0.717) is 0 Å². The van der Waals surface area contributed by atoms with Crippen LogP contribution in [0, 0.1) is 15.5 Å². The predicted molar refractivity (Wildman–Crippen MR) is 85.3 cm³/mol. The van der Waals surface area contributed by atoms with E-state index >= 15 is 0 Å². The molecule has 6 nitrogen and oxygen atoms in total. The summed E-state index contributed by atoms with van der Waals surface area (Å²) in [6, 6.07) is 2.99. The lowest BCUT2D eigenvalue weighted by Gasteiger charge is -2.42. The Morgan fingerprint density at radius 3 is 2.28 bits per heavy atom. The van der Waals surface area contributed by atoms with E-state index in [2.05, 4.69) is 0 Å². The van der Waals surface area contributed by atoms with Crippen molar-refractivity contribution in [3.63, 3.8) is 0 Å². The van der Waals surface area contributed by atoms with Gasteiger partial charge >= 0.3 is 12.3 Å². The number of carboxylic acid groups (broad SMARTS) is 1. The minimum Gasteiger partial charge on any atom is -0.465 e. The Morgan fingerprint density at radius 1 is 1.32 bits per heavy atom. The van der Waals surface area contributed by atoms with Gasteiger partial charge in [-0.2, -0.15) is 13.2 Å². The lowest BCUT2D eigenvalue weighted by Crippen LogP contribution is -2.47. The van der Waals surface area contributed by atoms with Crippen LogP contribution >= 0.6 is 0 Å². The molecule has 0 spiro atoms. The van der Waals surface area contributed by atoms with Crippen molar-refractivity contribution in [2.45, 2.75) is 52.4 Å². The molecule has 0 aliphatic rings. The van der Waals surface area contributed by atoms with E-state index < -0.39 is 41.1 Å². The lowest BCUT2D eigenvalue weighted by atomic mass is 9.80. The van der Waals surface area contributed by atoms with Crippen molar-refractivity contribution in [1.29, 1.82) is 0 Å². The summed E-state index contributed by atoms with van der Waals surface area (Å²) < 4.78 is 38.3. The van der Waals surface area contributed by atoms with Gasteiger partial charge in [0.05, 0.1) is 17.4 Å². The summed E-state index contributed by atoms with van der Waals surface area (Å²) in [5, 5.41) is 20.5. The van der Waals surface area contributed by atoms with Gasteiger partial charge in [-0.25, -0.2) is 4.79 Å². The fraction of sp³-hybridized carbons (Fsp3) is 0.562. The van der Waals surface area contributed by atoms with E-state index in [-0.39, 0.29) is 11.3 Å². The Kier molecular flexibility index (Phi) is 6.04. The van der Waals surface area contributed by atoms with Gasteiger partial charge in [0.15, 0.2) is 0 Å². The molecule has 0 fully saturated rings. The van der Waals surface area contributed by atoms with Crippen LogP contribution in [0.4, 0.5) is 23.7 Å². The number of hydrogen-bond acceptors (Lipinski definition) is 3. The number of benzene rings is 1. The molecule has 0 saturated heterocycles. The van der Waals surface area contributed by atoms with Crippen LogP contribution in [0.25, 0.3) is 0 Å². The zero-order chi connectivity index (χ0) is 19.6. The molecule has 0 aliphatic heterocycles. The van der Waals surface area contributed by atoms with E-state index in [1.165, 1.54) is 31.2 Å². The van der Waals surface area contributed by atoms with Gasteiger partial charge in [0.2, 0.25) is 0 Å². The second-order valence-corrected chi connectivity index (χ2v) is 6.98. The van der Waals surface area contributed by atoms with Crippen molar-refractivity contribution in [2.75, 3.05) is 0 Å². The summed E-state index contributed by atoms with van der Waals surface area (Å²) in [7, 11) is 0. The number of rotatable bonds is 5. The van der Waals surface area contributed by atoms with Gasteiger partial charge in [-0.3, -0.25) is 15.0 Å². The van der Waals surface area contributed by atoms with Crippen LogP contribution in [0.5, 0.6) is 0 Å². The molecule has 0 aromatic heterocycles. The van der Waals surface area contributed by atoms with Crippen LogP contribution in [0.15, 0.2) is 24.3 Å². The first-order chi connectivity index (χ1) is 11.2. The third-order valence-corrected chi connectivity index (χ3v) is 3.72. The molecule has 0 radical (unpaired) electrons. The van der Waals surface area contributed by atoms with Crippen molar-refractivity contribution in [1.82, 2.24) is 4.90 Å². The number of non-ortho nitro benzene ring substituents is 1. The van der Waals surface area contributed by atoms with E-state index in [0.717, 1.165) is 4.90 Å². The molecule has 2 unspecified atom stereocenters. The van der Waals surface area contributed by atoms with Crippen molar-refractivity contribution < 1.29 is 28.0 Å². The average molecular weight is 362 g/mol. The SMILES string of the molecule is CC(CC(F)(F)F)N(C(=O)O)C(c1cccc([N+](=O)[O-])c1)C(C)(C)C. The molecule has 2 atom stereocenters. The van der Waals surface area contributed by atoms with Crippen LogP contribution in [-0.2, 0) is 0 Å². The van der Waals surface area contributed by atoms with Crippen LogP contribution in [0.3, 0.4) is 0 Å². The zero-order valence-corrected chi connectivity index (χ0v) is 14.4. The quantitative estimate of drug-likeness (QED) is 0.590. The molecule has 1 amide bonds. The molecule has 9 heteroatoms. The number of nitrogens with zero attached hydrogens (tertiary/aromatic N) is 2. The second-order valence-electron chi connectivity index (χ2n) is 6.98. The highest BCUT2D eigenvalue weighted by Gasteiger charge is 2.41. The fourth-order valence-corrected chi connectivity index (χ4v) is 2.87. The third kappa shape index (κ3) is 5.61. The highest BCUT2D eigenvalue weighted by molar-refractivity contribution is 5.66. The number of hydrogen-bond donors (Lipinski definition) is 1. The minimum absolute atomic E-state index is 0.249. The van der Waals surface area contributed by atoms with E-state index in [1.807, 2.05) is 0 Å². The summed E-state index contributed by atoms with van der Waals surface area (Å²) in [6.45, 7) is 6.20. The topological polar surface area (TPSA) is 83.7 Å². The number of alkyl halides is 3. The molecule has 0 aliphatic carbocycles. The van der Waals surface area contributed by atoms with Gasteiger partial charge in [0, 0.05) is 18.2 Å². The van der Waals surface area contributed by atoms with Crippen molar-refractivity contribution >= 4 is 11.8 Å². The first-order valence-corrected chi connectivity index (χ1v) is 7.56. The molecule has 25 heavy (non-hydrogen) atoms. The van der Waals surface area contributed by atoms with Gasteiger partial charge in [-0.05, 0) is 17.9 Å². The number of nitro benzene ring substituents is 1. The zero-order valence-electron chi connectivity index (χ0n) is 14.4. The van der Waals surface area contributed by atoms with Crippen molar-refractivity contribution in [3.8, 4) is 0 Å². The smallest absolute Gasteiger partial charge is 0.408 e. The van der Waals surface area contributed by atoms with Crippen LogP contribution in [0.1, 0.15) is 45.7 Å². The van der Waals surface area contributed by atoms with Crippen molar-refractivity contribution in [2.24, 2.45) is 5.41 Å². The normalized spacial score (nSPS) is 14.7. The predicted octanol–water partition coefficient (Wildman–Crippen LogP) is 5.00. The molecular weight excluding hydrogens is 341 g/mol. The number of carbonyl (C=O) groups is 1. The van der Waals surface area contributed by atoms with Crippen LogP contribution < -0.4 is 0 Å². The highest BCUT2D eigenvalue weighted by atomic mass is 19.4. The van der Waals surface area contributed by atoms with Gasteiger partial charge in [0.1, 0.15) is 0 Å². The standard InChI is InChI=1S/C16H21F3N2O4/c1-10(9-16(17,18)19)20(14(22)23)13(15(2,3)4)11-6-5-7-12(8-11)21(24)25/h5-8,10,13H,9H2,1-4H3,(H,22,23). The fourth-order valence-electron chi connectivity index (χ4n) is 2.87. The molecule has 1 aromatic carbocycles. The Hall–Kier alpha value is -2.32. The average Bonchev–Trinajstić information content (AvgIpc) is 2.40. The van der Waals surface area contributed by atoms with Gasteiger partial charge in [-0.1, -0.05) is 32.9 Å². The van der Waals surface area contributed by atoms with Gasteiger partial charge in [-0.15, -0.1) is 0 Å². The molecule has 1 aromatic rings. The molecule has 0 heterocycles. The maximum Gasteiger partial charge on any atom is 0.408 e. The summed E-state index contributed by atoms with van der Waals surface area (Å²) in [5.74, 6) is 0. The highest BCUT2D eigenvalue weighted by Crippen LogP contribution is 2.41. The van der Waals surface area contributed by atoms with E-state index in [1.54, 1.807) is 20.8 Å². The number of amides is 1. The third-order valence-electron chi connectivity index (χ3n) is 3.72. The largest absolute Gasteiger partial charge is 0.465 e. The molecule has 1 N–H and O–H groups in total. The first-order valence-electron chi connectivity index (χ1n) is 7.56. The van der Waals surface area contributed by atoms with Crippen molar-refractivity contribution in [3.05, 3.63) is 39.9 Å².